The zero-order valence-corrected chi connectivity index (χ0v) is 12.0. The van der Waals surface area contributed by atoms with Crippen LogP contribution in [0.2, 0.25) is 0 Å². The molecule has 2 N–H and O–H groups in total. The van der Waals surface area contributed by atoms with Crippen LogP contribution in [0.25, 0.3) is 0 Å². The summed E-state index contributed by atoms with van der Waals surface area (Å²) in [6.07, 6.45) is 0. The summed E-state index contributed by atoms with van der Waals surface area (Å²) in [6, 6.07) is 6.20. The maximum Gasteiger partial charge on any atom is 0.338 e. The number of nitrogens with one attached hydrogen (secondary N) is 1. The second-order valence-electron chi connectivity index (χ2n) is 4.35. The van der Waals surface area contributed by atoms with Crippen molar-refractivity contribution in [2.75, 3.05) is 27.2 Å². The fourth-order valence-electron chi connectivity index (χ4n) is 1.45. The molecule has 0 aromatic heterocycles. The highest BCUT2D eigenvalue weighted by molar-refractivity contribution is 5.92. The van der Waals surface area contributed by atoms with Gasteiger partial charge in [0.1, 0.15) is 0 Å². The Morgan fingerprint density at radius 3 is 2.38 bits per heavy atom. The monoisotopic (exact) mass is 294 g/mol. The molecule has 0 unspecified atom stereocenters. The van der Waals surface area contributed by atoms with E-state index in [4.69, 9.17) is 9.84 Å². The molecule has 0 fully saturated rings. The molecular weight excluding hydrogens is 276 g/mol. The number of likely N-dealkylation sites (N-methyl/N-ethyl adjacent to an activating group) is 2. The summed E-state index contributed by atoms with van der Waals surface area (Å²) in [4.78, 5) is 35.7. The summed E-state index contributed by atoms with van der Waals surface area (Å²) in [5.41, 5.74) is 0.960. The first-order valence-corrected chi connectivity index (χ1v) is 6.29. The van der Waals surface area contributed by atoms with Gasteiger partial charge in [0, 0.05) is 14.1 Å². The van der Waals surface area contributed by atoms with Gasteiger partial charge < -0.3 is 20.1 Å². The molecule has 0 saturated heterocycles. The number of aliphatic hydroxyl groups excluding tert-OH is 1. The molecule has 0 bridgehead atoms. The predicted molar refractivity (Wildman–Crippen MR) is 74.4 cm³/mol. The Hall–Kier alpha value is -2.41. The number of ether oxygens (including phenoxy) is 1. The number of nitrogens with zero attached hydrogens (tertiary/aromatic N) is 1. The zero-order chi connectivity index (χ0) is 15.8. The van der Waals surface area contributed by atoms with Gasteiger partial charge in [0.2, 0.25) is 5.91 Å². The molecule has 0 aliphatic heterocycles. The molecular formula is C14H18N2O5. The van der Waals surface area contributed by atoms with Crippen molar-refractivity contribution in [2.45, 2.75) is 6.61 Å². The molecule has 114 valence electrons. The lowest BCUT2D eigenvalue weighted by Crippen LogP contribution is -2.39. The Bertz CT molecular complexity index is 513. The van der Waals surface area contributed by atoms with Gasteiger partial charge in [-0.25, -0.2) is 4.79 Å². The average molecular weight is 294 g/mol. The van der Waals surface area contributed by atoms with E-state index in [1.165, 1.54) is 31.1 Å². The van der Waals surface area contributed by atoms with Crippen molar-refractivity contribution in [3.05, 3.63) is 35.4 Å². The molecule has 0 aliphatic carbocycles. The van der Waals surface area contributed by atoms with E-state index in [9.17, 15) is 14.4 Å². The fraction of sp³-hybridized carbons (Fsp3) is 0.357. The number of amides is 2. The van der Waals surface area contributed by atoms with Crippen LogP contribution in [-0.2, 0) is 20.9 Å². The topological polar surface area (TPSA) is 95.9 Å². The van der Waals surface area contributed by atoms with E-state index in [2.05, 4.69) is 5.32 Å². The van der Waals surface area contributed by atoms with Crippen LogP contribution in [-0.4, -0.2) is 55.0 Å². The maximum atomic E-state index is 11.7. The molecule has 0 spiro atoms. The van der Waals surface area contributed by atoms with Gasteiger partial charge in [0.05, 0.1) is 18.7 Å². The highest BCUT2D eigenvalue weighted by atomic mass is 16.5. The van der Waals surface area contributed by atoms with E-state index in [1.54, 1.807) is 12.1 Å². The van der Waals surface area contributed by atoms with E-state index < -0.39 is 18.5 Å². The second kappa shape index (κ2) is 8.01. The minimum atomic E-state index is -0.638. The summed E-state index contributed by atoms with van der Waals surface area (Å²) >= 11 is 0. The Kier molecular flexibility index (Phi) is 6.35. The van der Waals surface area contributed by atoms with Gasteiger partial charge in [-0.1, -0.05) is 12.1 Å². The van der Waals surface area contributed by atoms with Gasteiger partial charge >= 0.3 is 5.97 Å². The number of carbonyl (C=O) groups excluding carboxylic acids is 3. The van der Waals surface area contributed by atoms with Crippen molar-refractivity contribution in [2.24, 2.45) is 0 Å². The summed E-state index contributed by atoms with van der Waals surface area (Å²) in [5.74, 6) is -1.42. The summed E-state index contributed by atoms with van der Waals surface area (Å²) in [5, 5.41) is 11.3. The Balaban J connectivity index is 2.48. The molecule has 0 heterocycles. The first-order chi connectivity index (χ1) is 9.97. The van der Waals surface area contributed by atoms with Crippen LogP contribution in [0, 0.1) is 0 Å². The molecule has 1 rings (SSSR count). The highest BCUT2D eigenvalue weighted by Gasteiger charge is 2.15. The molecule has 1 aromatic carbocycles. The van der Waals surface area contributed by atoms with Gasteiger partial charge in [-0.05, 0) is 17.7 Å². The second-order valence-corrected chi connectivity index (χ2v) is 4.35. The number of rotatable bonds is 6. The minimum absolute atomic E-state index is 0.0991. The van der Waals surface area contributed by atoms with E-state index in [0.29, 0.717) is 5.56 Å². The van der Waals surface area contributed by atoms with Gasteiger partial charge in [0.15, 0.2) is 6.61 Å². The highest BCUT2D eigenvalue weighted by Crippen LogP contribution is 2.06. The van der Waals surface area contributed by atoms with E-state index in [-0.39, 0.29) is 24.6 Å². The van der Waals surface area contributed by atoms with Gasteiger partial charge in [-0.15, -0.1) is 0 Å². The van der Waals surface area contributed by atoms with Crippen molar-refractivity contribution >= 4 is 17.8 Å². The lowest BCUT2D eigenvalue weighted by Gasteiger charge is -2.15. The van der Waals surface area contributed by atoms with Gasteiger partial charge in [0.25, 0.3) is 5.91 Å². The average Bonchev–Trinajstić information content (AvgIpc) is 2.51. The smallest absolute Gasteiger partial charge is 0.338 e. The van der Waals surface area contributed by atoms with E-state index in [1.807, 2.05) is 0 Å². The van der Waals surface area contributed by atoms with Crippen molar-refractivity contribution in [1.82, 2.24) is 10.2 Å². The standard InChI is InChI=1S/C14H18N2O5/c1-15-12(18)7-16(2)13(19)9-21-14(20)11-5-3-10(8-17)4-6-11/h3-6,17H,7-9H2,1-2H3,(H,15,18). The third-order valence-corrected chi connectivity index (χ3v) is 2.78. The van der Waals surface area contributed by atoms with Crippen LogP contribution in [0.15, 0.2) is 24.3 Å². The normalized spacial score (nSPS) is 9.86. The number of esters is 1. The van der Waals surface area contributed by atoms with E-state index >= 15 is 0 Å². The number of hydrogen-bond acceptors (Lipinski definition) is 5. The quantitative estimate of drug-likeness (QED) is 0.692. The fourth-order valence-corrected chi connectivity index (χ4v) is 1.45. The van der Waals surface area contributed by atoms with Crippen LogP contribution in [0.5, 0.6) is 0 Å². The zero-order valence-electron chi connectivity index (χ0n) is 12.0. The molecule has 2 amide bonds. The number of aliphatic hydroxyl groups is 1. The first kappa shape index (κ1) is 16.6. The Labute approximate surface area is 122 Å². The number of carbonyl (C=O) groups is 3. The lowest BCUT2D eigenvalue weighted by molar-refractivity contribution is -0.137. The molecule has 21 heavy (non-hydrogen) atoms. The first-order valence-electron chi connectivity index (χ1n) is 6.29. The molecule has 0 radical (unpaired) electrons. The van der Waals surface area contributed by atoms with Crippen LogP contribution < -0.4 is 5.32 Å². The summed E-state index contributed by atoms with van der Waals surface area (Å²) < 4.78 is 4.88. The van der Waals surface area contributed by atoms with Crippen molar-refractivity contribution < 1.29 is 24.2 Å². The Morgan fingerprint density at radius 2 is 1.86 bits per heavy atom. The lowest BCUT2D eigenvalue weighted by atomic mass is 10.1. The Morgan fingerprint density at radius 1 is 1.24 bits per heavy atom. The summed E-state index contributed by atoms with van der Waals surface area (Å²) in [7, 11) is 2.91. The summed E-state index contributed by atoms with van der Waals surface area (Å²) in [6.45, 7) is -0.649. The van der Waals surface area contributed by atoms with Crippen LogP contribution >= 0.6 is 0 Å². The van der Waals surface area contributed by atoms with Crippen LogP contribution in [0.1, 0.15) is 15.9 Å². The molecule has 7 nitrogen and oxygen atoms in total. The van der Waals surface area contributed by atoms with Crippen molar-refractivity contribution in [3.8, 4) is 0 Å². The third-order valence-electron chi connectivity index (χ3n) is 2.78. The SMILES string of the molecule is CNC(=O)CN(C)C(=O)COC(=O)c1ccc(CO)cc1. The molecule has 7 heteroatoms. The number of hydrogen-bond donors (Lipinski definition) is 2. The molecule has 0 atom stereocenters. The van der Waals surface area contributed by atoms with Gasteiger partial charge in [-0.3, -0.25) is 9.59 Å². The largest absolute Gasteiger partial charge is 0.452 e. The third kappa shape index (κ3) is 5.23. The predicted octanol–water partition coefficient (Wildman–Crippen LogP) is -0.460. The van der Waals surface area contributed by atoms with E-state index in [0.717, 1.165) is 0 Å². The van der Waals surface area contributed by atoms with Crippen LogP contribution in [0.4, 0.5) is 0 Å². The molecule has 0 aliphatic rings. The molecule has 0 saturated carbocycles. The van der Waals surface area contributed by atoms with Crippen molar-refractivity contribution in [1.29, 1.82) is 0 Å². The molecule has 1 aromatic rings. The van der Waals surface area contributed by atoms with Gasteiger partial charge in [-0.2, -0.15) is 0 Å². The van der Waals surface area contributed by atoms with Crippen LogP contribution in [0.3, 0.4) is 0 Å². The minimum Gasteiger partial charge on any atom is -0.452 e. The number of benzene rings is 1. The maximum absolute atomic E-state index is 11.7. The van der Waals surface area contributed by atoms with Crippen molar-refractivity contribution in [3.63, 3.8) is 0 Å².